The molecule has 1 saturated heterocycles. The van der Waals surface area contributed by atoms with Crippen molar-refractivity contribution in [1.29, 1.82) is 0 Å². The van der Waals surface area contributed by atoms with Gasteiger partial charge in [-0.1, -0.05) is 25.1 Å². The van der Waals surface area contributed by atoms with Crippen LogP contribution in [-0.4, -0.2) is 61.0 Å². The highest BCUT2D eigenvalue weighted by molar-refractivity contribution is 6.50. The largest absolute Gasteiger partial charge is 0.507 e. The van der Waals surface area contributed by atoms with Gasteiger partial charge in [0.1, 0.15) is 11.5 Å². The summed E-state index contributed by atoms with van der Waals surface area (Å²) in [6.07, 6.45) is 0.681. The van der Waals surface area contributed by atoms with Crippen LogP contribution in [0.15, 0.2) is 54.1 Å². The van der Waals surface area contributed by atoms with Gasteiger partial charge in [0, 0.05) is 31.3 Å². The van der Waals surface area contributed by atoms with Crippen LogP contribution < -0.4 is 9.64 Å². The Morgan fingerprint density at radius 1 is 1.00 bits per heavy atom. The second kappa shape index (κ2) is 9.30. The topological polar surface area (TPSA) is 96.4 Å². The first kappa shape index (κ1) is 23.5. The number of anilines is 1. The van der Waals surface area contributed by atoms with Gasteiger partial charge in [0.05, 0.1) is 24.5 Å². The summed E-state index contributed by atoms with van der Waals surface area (Å²) in [6.45, 7) is 4.84. The average Bonchev–Trinajstić information content (AvgIpc) is 3.22. The second-order valence-corrected chi connectivity index (χ2v) is 8.14. The molecule has 2 aromatic rings. The van der Waals surface area contributed by atoms with Crippen molar-refractivity contribution >= 4 is 29.0 Å². The smallest absolute Gasteiger partial charge is 0.296 e. The monoisotopic (exact) mass is 464 g/mol. The zero-order valence-corrected chi connectivity index (χ0v) is 19.5. The predicted octanol–water partition coefficient (Wildman–Crippen LogP) is 3.06. The molecule has 34 heavy (non-hydrogen) atoms. The van der Waals surface area contributed by atoms with Gasteiger partial charge in [-0.2, -0.15) is 0 Å². The minimum atomic E-state index is -1.76. The molecule has 2 aromatic carbocycles. The molecule has 0 radical (unpaired) electrons. The van der Waals surface area contributed by atoms with E-state index in [1.165, 1.54) is 12.0 Å². The van der Waals surface area contributed by atoms with Crippen LogP contribution in [0.3, 0.4) is 0 Å². The lowest BCUT2D eigenvalue weighted by Crippen LogP contribution is -2.52. The minimum Gasteiger partial charge on any atom is -0.507 e. The number of benzene rings is 2. The number of aliphatic hydroxyl groups is 1. The van der Waals surface area contributed by atoms with E-state index in [2.05, 4.69) is 0 Å². The number of para-hydroxylation sites is 1. The lowest BCUT2D eigenvalue weighted by molar-refractivity contribution is -0.144. The lowest BCUT2D eigenvalue weighted by Gasteiger charge is -2.34. The van der Waals surface area contributed by atoms with Crippen molar-refractivity contribution in [2.45, 2.75) is 25.8 Å². The number of likely N-dealkylation sites (tertiary alicyclic amines) is 1. The van der Waals surface area contributed by atoms with Gasteiger partial charge in [0.25, 0.3) is 17.6 Å². The SMILES string of the molecule is CCCN1C(=O)[C@@]2(C(=C(O)c3ccc(OCC)cc3)C(=O)C(=O)N2CCOC)c2ccccc21. The Labute approximate surface area is 198 Å². The molecule has 0 bridgehead atoms. The number of carbonyl (C=O) groups is 3. The Hall–Kier alpha value is -3.65. The van der Waals surface area contributed by atoms with E-state index in [-0.39, 0.29) is 18.7 Å². The number of ketones is 1. The third-order valence-corrected chi connectivity index (χ3v) is 6.21. The number of nitrogens with zero attached hydrogens (tertiary/aromatic N) is 2. The Bertz CT molecular complexity index is 1160. The molecule has 1 spiro atoms. The number of amides is 2. The number of Topliss-reactive ketones (excluding diaryl/α,β-unsaturated/α-hetero) is 1. The van der Waals surface area contributed by atoms with Crippen LogP contribution in [0.2, 0.25) is 0 Å². The van der Waals surface area contributed by atoms with Gasteiger partial charge in [-0.15, -0.1) is 0 Å². The highest BCUT2D eigenvalue weighted by Crippen LogP contribution is 2.53. The average molecular weight is 465 g/mol. The van der Waals surface area contributed by atoms with Crippen LogP contribution in [0.25, 0.3) is 5.76 Å². The van der Waals surface area contributed by atoms with E-state index >= 15 is 0 Å². The molecule has 0 aromatic heterocycles. The summed E-state index contributed by atoms with van der Waals surface area (Å²) in [5.41, 5.74) is -0.561. The number of carbonyl (C=O) groups excluding carboxylic acids is 3. The maximum Gasteiger partial charge on any atom is 0.296 e. The minimum absolute atomic E-state index is 0.0151. The molecule has 8 nitrogen and oxygen atoms in total. The quantitative estimate of drug-likeness (QED) is 0.366. The maximum absolute atomic E-state index is 14.1. The van der Waals surface area contributed by atoms with Gasteiger partial charge < -0.3 is 24.4 Å². The van der Waals surface area contributed by atoms with Crippen LogP contribution in [0.5, 0.6) is 5.75 Å². The van der Waals surface area contributed by atoms with Gasteiger partial charge in [0.2, 0.25) is 0 Å². The first-order valence-electron chi connectivity index (χ1n) is 11.4. The summed E-state index contributed by atoms with van der Waals surface area (Å²) >= 11 is 0. The zero-order valence-electron chi connectivity index (χ0n) is 19.5. The van der Waals surface area contributed by atoms with Crippen molar-refractivity contribution in [2.24, 2.45) is 0 Å². The highest BCUT2D eigenvalue weighted by atomic mass is 16.5. The predicted molar refractivity (Wildman–Crippen MR) is 127 cm³/mol. The second-order valence-electron chi connectivity index (χ2n) is 8.14. The molecule has 4 rings (SSSR count). The molecule has 2 heterocycles. The molecule has 2 amide bonds. The van der Waals surface area contributed by atoms with Gasteiger partial charge in [-0.3, -0.25) is 14.4 Å². The van der Waals surface area contributed by atoms with Crippen LogP contribution >= 0.6 is 0 Å². The number of ether oxygens (including phenoxy) is 2. The molecule has 0 unspecified atom stereocenters. The van der Waals surface area contributed by atoms with E-state index in [1.807, 2.05) is 19.9 Å². The molecular weight excluding hydrogens is 436 g/mol. The highest BCUT2D eigenvalue weighted by Gasteiger charge is 2.66. The third-order valence-electron chi connectivity index (χ3n) is 6.21. The fourth-order valence-electron chi connectivity index (χ4n) is 4.81. The van der Waals surface area contributed by atoms with Crippen molar-refractivity contribution in [1.82, 2.24) is 4.90 Å². The molecule has 1 fully saturated rings. The van der Waals surface area contributed by atoms with E-state index in [1.54, 1.807) is 47.4 Å². The molecule has 8 heteroatoms. The summed E-state index contributed by atoms with van der Waals surface area (Å²) in [4.78, 5) is 43.6. The number of hydrogen-bond donors (Lipinski definition) is 1. The third kappa shape index (κ3) is 3.37. The first-order valence-corrected chi connectivity index (χ1v) is 11.4. The fraction of sp³-hybridized carbons (Fsp3) is 0.346. The zero-order chi connectivity index (χ0) is 24.5. The van der Waals surface area contributed by atoms with Crippen molar-refractivity contribution < 1.29 is 29.0 Å². The summed E-state index contributed by atoms with van der Waals surface area (Å²) in [5, 5.41) is 11.4. The first-order chi connectivity index (χ1) is 16.4. The van der Waals surface area contributed by atoms with Crippen molar-refractivity contribution in [3.63, 3.8) is 0 Å². The Morgan fingerprint density at radius 3 is 2.35 bits per heavy atom. The van der Waals surface area contributed by atoms with Crippen molar-refractivity contribution in [2.75, 3.05) is 38.3 Å². The van der Waals surface area contributed by atoms with Gasteiger partial charge in [-0.25, -0.2) is 0 Å². The van der Waals surface area contributed by atoms with Crippen LogP contribution in [0, 0.1) is 0 Å². The number of aliphatic hydroxyl groups excluding tert-OH is 1. The summed E-state index contributed by atoms with van der Waals surface area (Å²) < 4.78 is 10.6. The Morgan fingerprint density at radius 2 is 1.71 bits per heavy atom. The van der Waals surface area contributed by atoms with Crippen LogP contribution in [-0.2, 0) is 24.7 Å². The van der Waals surface area contributed by atoms with Crippen LogP contribution in [0.1, 0.15) is 31.4 Å². The van der Waals surface area contributed by atoms with Gasteiger partial charge >= 0.3 is 0 Å². The molecule has 2 aliphatic rings. The lowest BCUT2D eigenvalue weighted by atomic mass is 9.82. The van der Waals surface area contributed by atoms with E-state index < -0.39 is 28.9 Å². The number of methoxy groups -OCH3 is 1. The van der Waals surface area contributed by atoms with E-state index in [4.69, 9.17) is 9.47 Å². The number of fused-ring (bicyclic) bond motifs is 2. The van der Waals surface area contributed by atoms with E-state index in [0.717, 1.165) is 0 Å². The van der Waals surface area contributed by atoms with Crippen molar-refractivity contribution in [3.05, 3.63) is 65.2 Å². The standard InChI is InChI=1S/C26H28N2O6/c1-4-14-27-20-9-7-6-8-19(20)26(25(27)32)21(23(30)24(31)28(26)15-16-33-3)22(29)17-10-12-18(13-11-17)34-5-2/h6-13,29H,4-5,14-16H2,1-3H3/t26-/m0/s1. The maximum atomic E-state index is 14.1. The summed E-state index contributed by atoms with van der Waals surface area (Å²) in [7, 11) is 1.48. The number of hydrogen-bond acceptors (Lipinski definition) is 6. The molecule has 2 aliphatic heterocycles. The summed E-state index contributed by atoms with van der Waals surface area (Å²) in [5.74, 6) is -1.97. The Balaban J connectivity index is 1.99. The van der Waals surface area contributed by atoms with Gasteiger partial charge in [0.15, 0.2) is 5.54 Å². The number of rotatable bonds is 8. The fourth-order valence-corrected chi connectivity index (χ4v) is 4.81. The molecule has 0 aliphatic carbocycles. The van der Waals surface area contributed by atoms with Crippen LogP contribution in [0.4, 0.5) is 5.69 Å². The molecule has 1 atom stereocenters. The van der Waals surface area contributed by atoms with Crippen molar-refractivity contribution in [3.8, 4) is 5.75 Å². The molecule has 178 valence electrons. The Kier molecular flexibility index (Phi) is 6.43. The normalized spacial score (nSPS) is 21.0. The molecule has 0 saturated carbocycles. The molecule has 1 N–H and O–H groups in total. The van der Waals surface area contributed by atoms with Gasteiger partial charge in [-0.05, 0) is 43.7 Å². The van der Waals surface area contributed by atoms with E-state index in [9.17, 15) is 19.5 Å². The summed E-state index contributed by atoms with van der Waals surface area (Å²) in [6, 6.07) is 13.6. The molecular formula is C26H28N2O6. The van der Waals surface area contributed by atoms with E-state index in [0.29, 0.717) is 42.1 Å².